The Labute approximate surface area is 65.7 Å². The van der Waals surface area contributed by atoms with Gasteiger partial charge in [0.25, 0.3) is 0 Å². The summed E-state index contributed by atoms with van der Waals surface area (Å²) in [7, 11) is 0. The molecule has 60 valence electrons. The smallest absolute Gasteiger partial charge is 0.0716 e. The second kappa shape index (κ2) is 3.57. The zero-order valence-corrected chi connectivity index (χ0v) is 6.97. The van der Waals surface area contributed by atoms with Crippen molar-refractivity contribution in [1.82, 2.24) is 4.31 Å². The van der Waals surface area contributed by atoms with E-state index in [1.165, 1.54) is 0 Å². The van der Waals surface area contributed by atoms with Gasteiger partial charge in [0.1, 0.15) is 0 Å². The van der Waals surface area contributed by atoms with Crippen LogP contribution in [0.5, 0.6) is 0 Å². The number of aliphatic hydroxyl groups excluding tert-OH is 1. The predicted octanol–water partition coefficient (Wildman–Crippen LogP) is -0.342. The average Bonchev–Trinajstić information content (AvgIpc) is 1.95. The van der Waals surface area contributed by atoms with Gasteiger partial charge in [-0.05, 0) is 12.7 Å². The summed E-state index contributed by atoms with van der Waals surface area (Å²) in [5.41, 5.74) is 5.64. The van der Waals surface area contributed by atoms with E-state index in [0.717, 1.165) is 19.5 Å². The van der Waals surface area contributed by atoms with E-state index in [0.29, 0.717) is 0 Å². The van der Waals surface area contributed by atoms with E-state index in [1.54, 1.807) is 11.9 Å². The third kappa shape index (κ3) is 1.85. The molecule has 0 radical (unpaired) electrons. The molecule has 3 N–H and O–H groups in total. The molecule has 2 atom stereocenters. The molecular formula is C6H14N2OS. The molecule has 3 nitrogen and oxygen atoms in total. The number of piperidine rings is 1. The molecule has 0 aromatic rings. The van der Waals surface area contributed by atoms with E-state index in [2.05, 4.69) is 4.31 Å². The van der Waals surface area contributed by atoms with Gasteiger partial charge in [0, 0.05) is 19.1 Å². The molecular weight excluding hydrogens is 148 g/mol. The van der Waals surface area contributed by atoms with Crippen molar-refractivity contribution in [3.05, 3.63) is 0 Å². The molecule has 10 heavy (non-hydrogen) atoms. The van der Waals surface area contributed by atoms with Crippen LogP contribution in [-0.4, -0.2) is 40.9 Å². The summed E-state index contributed by atoms with van der Waals surface area (Å²) >= 11 is 1.69. The molecule has 1 heterocycles. The summed E-state index contributed by atoms with van der Waals surface area (Å²) < 4.78 is 2.18. The van der Waals surface area contributed by atoms with Crippen molar-refractivity contribution in [2.24, 2.45) is 5.73 Å². The first kappa shape index (κ1) is 8.33. The van der Waals surface area contributed by atoms with E-state index in [4.69, 9.17) is 5.73 Å². The van der Waals surface area contributed by atoms with Crippen molar-refractivity contribution in [1.29, 1.82) is 0 Å². The Morgan fingerprint density at radius 1 is 1.70 bits per heavy atom. The molecule has 0 amide bonds. The number of aliphatic hydroxyl groups is 1. The lowest BCUT2D eigenvalue weighted by Gasteiger charge is -2.32. The predicted molar refractivity (Wildman–Crippen MR) is 43.7 cm³/mol. The first-order valence-corrected chi connectivity index (χ1v) is 4.65. The highest BCUT2D eigenvalue weighted by molar-refractivity contribution is 7.96. The van der Waals surface area contributed by atoms with Crippen LogP contribution in [0.25, 0.3) is 0 Å². The van der Waals surface area contributed by atoms with Crippen LogP contribution in [0, 0.1) is 0 Å². The van der Waals surface area contributed by atoms with Crippen molar-refractivity contribution in [3.63, 3.8) is 0 Å². The van der Waals surface area contributed by atoms with E-state index >= 15 is 0 Å². The van der Waals surface area contributed by atoms with E-state index in [1.807, 2.05) is 6.26 Å². The second-order valence-electron chi connectivity index (χ2n) is 2.59. The van der Waals surface area contributed by atoms with Crippen LogP contribution in [0.3, 0.4) is 0 Å². The van der Waals surface area contributed by atoms with Gasteiger partial charge in [0.05, 0.1) is 6.10 Å². The Morgan fingerprint density at radius 2 is 2.40 bits per heavy atom. The van der Waals surface area contributed by atoms with Crippen molar-refractivity contribution in [2.45, 2.75) is 18.6 Å². The highest BCUT2D eigenvalue weighted by Gasteiger charge is 2.23. The molecule has 0 aromatic carbocycles. The first-order chi connectivity index (χ1) is 4.74. The Morgan fingerprint density at radius 3 is 2.90 bits per heavy atom. The van der Waals surface area contributed by atoms with E-state index < -0.39 is 0 Å². The standard InChI is InChI=1S/C6H14N2OS/c1-10-8-3-2-6(9)5(7)4-8/h5-6,9H,2-4,7H2,1H3/t5-,6+/m0/s1. The third-order valence-electron chi connectivity index (χ3n) is 1.84. The van der Waals surface area contributed by atoms with Crippen molar-refractivity contribution in [2.75, 3.05) is 19.3 Å². The van der Waals surface area contributed by atoms with Crippen LogP contribution in [0.4, 0.5) is 0 Å². The van der Waals surface area contributed by atoms with Crippen LogP contribution in [0.1, 0.15) is 6.42 Å². The highest BCUT2D eigenvalue weighted by atomic mass is 32.2. The van der Waals surface area contributed by atoms with Crippen molar-refractivity contribution >= 4 is 11.9 Å². The molecule has 1 saturated heterocycles. The van der Waals surface area contributed by atoms with Gasteiger partial charge in [-0.1, -0.05) is 11.9 Å². The van der Waals surface area contributed by atoms with Gasteiger partial charge < -0.3 is 10.8 Å². The summed E-state index contributed by atoms with van der Waals surface area (Å²) in [6.45, 7) is 1.76. The fourth-order valence-corrected chi connectivity index (χ4v) is 1.71. The fourth-order valence-electron chi connectivity index (χ4n) is 1.10. The topological polar surface area (TPSA) is 49.5 Å². The lowest BCUT2D eigenvalue weighted by atomic mass is 10.1. The minimum Gasteiger partial charge on any atom is -0.391 e. The maximum absolute atomic E-state index is 9.23. The molecule has 0 aliphatic carbocycles. The maximum Gasteiger partial charge on any atom is 0.0716 e. The van der Waals surface area contributed by atoms with Crippen molar-refractivity contribution < 1.29 is 5.11 Å². The maximum atomic E-state index is 9.23. The van der Waals surface area contributed by atoms with Gasteiger partial charge in [-0.25, -0.2) is 4.31 Å². The number of hydrogen-bond donors (Lipinski definition) is 2. The number of rotatable bonds is 1. The molecule has 1 aliphatic rings. The van der Waals surface area contributed by atoms with Gasteiger partial charge in [0.2, 0.25) is 0 Å². The highest BCUT2D eigenvalue weighted by Crippen LogP contribution is 2.14. The van der Waals surface area contributed by atoms with Gasteiger partial charge in [-0.2, -0.15) is 0 Å². The van der Waals surface area contributed by atoms with Gasteiger partial charge >= 0.3 is 0 Å². The molecule has 0 aromatic heterocycles. The summed E-state index contributed by atoms with van der Waals surface area (Å²) in [5, 5.41) is 9.23. The van der Waals surface area contributed by atoms with Crippen LogP contribution >= 0.6 is 11.9 Å². The SMILES string of the molecule is CSN1CC[C@@H](O)[C@@H](N)C1. The molecule has 1 aliphatic heterocycles. The zero-order chi connectivity index (χ0) is 7.56. The second-order valence-corrected chi connectivity index (χ2v) is 3.47. The summed E-state index contributed by atoms with van der Waals surface area (Å²) in [6.07, 6.45) is 2.55. The minimum absolute atomic E-state index is 0.0544. The van der Waals surface area contributed by atoms with Gasteiger partial charge in [-0.3, -0.25) is 0 Å². The minimum atomic E-state index is -0.289. The Bertz CT molecular complexity index is 112. The lowest BCUT2D eigenvalue weighted by Crippen LogP contribution is -2.48. The molecule has 1 rings (SSSR count). The molecule has 0 spiro atoms. The molecule has 0 bridgehead atoms. The number of nitrogens with zero attached hydrogens (tertiary/aromatic N) is 1. The molecule has 1 fully saturated rings. The third-order valence-corrected chi connectivity index (χ3v) is 2.69. The Hall–Kier alpha value is 0.230. The van der Waals surface area contributed by atoms with E-state index in [9.17, 15) is 5.11 Å². The quantitative estimate of drug-likeness (QED) is 0.518. The largest absolute Gasteiger partial charge is 0.391 e. The molecule has 4 heteroatoms. The molecule has 0 unspecified atom stereocenters. The zero-order valence-electron chi connectivity index (χ0n) is 6.16. The number of hydrogen-bond acceptors (Lipinski definition) is 4. The van der Waals surface area contributed by atoms with Gasteiger partial charge in [0.15, 0.2) is 0 Å². The summed E-state index contributed by atoms with van der Waals surface area (Å²) in [5.74, 6) is 0. The first-order valence-electron chi connectivity index (χ1n) is 3.46. The van der Waals surface area contributed by atoms with E-state index in [-0.39, 0.29) is 12.1 Å². The number of nitrogens with two attached hydrogens (primary N) is 1. The fraction of sp³-hybridized carbons (Fsp3) is 1.00. The van der Waals surface area contributed by atoms with Crippen LogP contribution < -0.4 is 5.73 Å². The Balaban J connectivity index is 2.33. The summed E-state index contributed by atoms with van der Waals surface area (Å²) in [6, 6.07) is -0.0544. The summed E-state index contributed by atoms with van der Waals surface area (Å²) in [4.78, 5) is 0. The molecule has 0 saturated carbocycles. The normalized spacial score (nSPS) is 36.3. The van der Waals surface area contributed by atoms with Crippen LogP contribution in [-0.2, 0) is 0 Å². The van der Waals surface area contributed by atoms with Crippen molar-refractivity contribution in [3.8, 4) is 0 Å². The monoisotopic (exact) mass is 162 g/mol. The van der Waals surface area contributed by atoms with Gasteiger partial charge in [-0.15, -0.1) is 0 Å². The van der Waals surface area contributed by atoms with Crippen LogP contribution in [0.2, 0.25) is 0 Å². The Kier molecular flexibility index (Phi) is 2.97. The van der Waals surface area contributed by atoms with Crippen LogP contribution in [0.15, 0.2) is 0 Å². The average molecular weight is 162 g/mol. The lowest BCUT2D eigenvalue weighted by molar-refractivity contribution is 0.0947.